The van der Waals surface area contributed by atoms with Crippen LogP contribution in [0, 0.1) is 0 Å². The quantitative estimate of drug-likeness (QED) is 0.726. The Labute approximate surface area is 132 Å². The Balaban J connectivity index is 1.30. The molecule has 0 aromatic carbocycles. The Morgan fingerprint density at radius 1 is 1.22 bits per heavy atom. The fourth-order valence-electron chi connectivity index (χ4n) is 3.03. The maximum absolute atomic E-state index is 5.35. The number of fused-ring (bicyclic) bond motifs is 1. The van der Waals surface area contributed by atoms with Gasteiger partial charge in [-0.05, 0) is 18.9 Å². The number of hydrogen-bond acceptors (Lipinski definition) is 7. The van der Waals surface area contributed by atoms with E-state index in [4.69, 9.17) is 8.94 Å². The second-order valence-corrected chi connectivity index (χ2v) is 6.13. The van der Waals surface area contributed by atoms with Crippen LogP contribution < -0.4 is 0 Å². The Morgan fingerprint density at radius 2 is 2.17 bits per heavy atom. The lowest BCUT2D eigenvalue weighted by Crippen LogP contribution is -2.34. The van der Waals surface area contributed by atoms with Crippen molar-refractivity contribution in [3.05, 3.63) is 36.1 Å². The standard InChI is InChI=1S/C15H16N6O2/c1-2-10(1)15-18-17-12-7-20(4-5-21(12)15)8-13-16-14(19-23-13)11-3-6-22-9-11/h3,6,9-10H,1-2,4-5,7-8H2. The molecule has 8 heteroatoms. The number of rotatable bonds is 4. The second kappa shape index (κ2) is 5.02. The molecule has 0 bridgehead atoms. The van der Waals surface area contributed by atoms with Crippen molar-refractivity contribution in [3.63, 3.8) is 0 Å². The van der Waals surface area contributed by atoms with Crippen molar-refractivity contribution in [1.82, 2.24) is 29.8 Å². The van der Waals surface area contributed by atoms with Crippen LogP contribution in [0.25, 0.3) is 11.4 Å². The van der Waals surface area contributed by atoms with Gasteiger partial charge in [-0.3, -0.25) is 4.90 Å². The smallest absolute Gasteiger partial charge is 0.241 e. The van der Waals surface area contributed by atoms with Crippen LogP contribution in [-0.2, 0) is 19.6 Å². The van der Waals surface area contributed by atoms with Crippen molar-refractivity contribution in [2.45, 2.75) is 38.4 Å². The lowest BCUT2D eigenvalue weighted by Gasteiger charge is -2.26. The maximum Gasteiger partial charge on any atom is 0.241 e. The van der Waals surface area contributed by atoms with Crippen molar-refractivity contribution in [2.75, 3.05) is 6.54 Å². The Bertz CT molecular complexity index is 817. The first-order chi connectivity index (χ1) is 11.4. The van der Waals surface area contributed by atoms with Crippen LogP contribution in [0.3, 0.4) is 0 Å². The molecule has 3 aromatic rings. The van der Waals surface area contributed by atoms with E-state index in [-0.39, 0.29) is 0 Å². The summed E-state index contributed by atoms with van der Waals surface area (Å²) in [5.41, 5.74) is 0.826. The lowest BCUT2D eigenvalue weighted by atomic mass is 10.3. The van der Waals surface area contributed by atoms with E-state index in [1.165, 1.54) is 18.7 Å². The second-order valence-electron chi connectivity index (χ2n) is 6.13. The van der Waals surface area contributed by atoms with Gasteiger partial charge < -0.3 is 13.5 Å². The summed E-state index contributed by atoms with van der Waals surface area (Å²) in [5.74, 6) is 4.00. The van der Waals surface area contributed by atoms with Gasteiger partial charge in [0, 0.05) is 19.0 Å². The van der Waals surface area contributed by atoms with Gasteiger partial charge in [-0.25, -0.2) is 0 Å². The minimum Gasteiger partial charge on any atom is -0.472 e. The van der Waals surface area contributed by atoms with Gasteiger partial charge in [0.2, 0.25) is 11.7 Å². The molecule has 1 saturated carbocycles. The topological polar surface area (TPSA) is 86.0 Å². The van der Waals surface area contributed by atoms with Crippen LogP contribution in [0.5, 0.6) is 0 Å². The Hall–Kier alpha value is -2.48. The average molecular weight is 312 g/mol. The van der Waals surface area contributed by atoms with Crippen LogP contribution in [0.4, 0.5) is 0 Å². The summed E-state index contributed by atoms with van der Waals surface area (Å²) in [6, 6.07) is 1.82. The van der Waals surface area contributed by atoms with Gasteiger partial charge >= 0.3 is 0 Å². The van der Waals surface area contributed by atoms with E-state index in [0.717, 1.165) is 31.0 Å². The average Bonchev–Trinajstić information content (AvgIpc) is 2.99. The van der Waals surface area contributed by atoms with Gasteiger partial charge in [0.25, 0.3) is 0 Å². The number of aromatic nitrogens is 5. The minimum absolute atomic E-state index is 0.560. The molecule has 118 valence electrons. The number of furan rings is 1. The lowest BCUT2D eigenvalue weighted by molar-refractivity contribution is 0.182. The summed E-state index contributed by atoms with van der Waals surface area (Å²) in [4.78, 5) is 6.68. The predicted octanol–water partition coefficient (Wildman–Crippen LogP) is 1.81. The zero-order valence-corrected chi connectivity index (χ0v) is 12.6. The highest BCUT2D eigenvalue weighted by atomic mass is 16.5. The molecule has 5 rings (SSSR count). The van der Waals surface area contributed by atoms with Gasteiger partial charge in [-0.1, -0.05) is 5.16 Å². The van der Waals surface area contributed by atoms with Crippen LogP contribution in [-0.4, -0.2) is 36.3 Å². The van der Waals surface area contributed by atoms with E-state index >= 15 is 0 Å². The molecule has 0 spiro atoms. The molecular weight excluding hydrogens is 296 g/mol. The molecule has 2 aliphatic rings. The summed E-state index contributed by atoms with van der Waals surface area (Å²) in [5, 5.41) is 12.7. The summed E-state index contributed by atoms with van der Waals surface area (Å²) in [6.07, 6.45) is 5.71. The highest BCUT2D eigenvalue weighted by molar-refractivity contribution is 5.51. The third-order valence-corrected chi connectivity index (χ3v) is 4.41. The van der Waals surface area contributed by atoms with Crippen molar-refractivity contribution in [2.24, 2.45) is 0 Å². The molecule has 8 nitrogen and oxygen atoms in total. The molecular formula is C15H16N6O2. The first-order valence-electron chi connectivity index (χ1n) is 7.86. The van der Waals surface area contributed by atoms with Crippen LogP contribution >= 0.6 is 0 Å². The van der Waals surface area contributed by atoms with Gasteiger partial charge in [0.05, 0.1) is 24.9 Å². The number of hydrogen-bond donors (Lipinski definition) is 0. The molecule has 4 heterocycles. The van der Waals surface area contributed by atoms with E-state index in [0.29, 0.717) is 24.2 Å². The van der Waals surface area contributed by atoms with E-state index in [1.807, 2.05) is 6.07 Å². The van der Waals surface area contributed by atoms with Crippen LogP contribution in [0.1, 0.15) is 36.3 Å². The molecule has 0 unspecified atom stereocenters. The monoisotopic (exact) mass is 312 g/mol. The first kappa shape index (κ1) is 13.0. The predicted molar refractivity (Wildman–Crippen MR) is 78.1 cm³/mol. The Morgan fingerprint density at radius 3 is 3.00 bits per heavy atom. The molecule has 0 saturated heterocycles. The van der Waals surface area contributed by atoms with E-state index in [1.54, 1.807) is 12.5 Å². The molecule has 1 aliphatic carbocycles. The summed E-state index contributed by atoms with van der Waals surface area (Å²) < 4.78 is 12.7. The SMILES string of the molecule is c1cc(-c2noc(CN3CCn4c(nnc4C4CC4)C3)n2)co1. The molecule has 1 fully saturated rings. The molecule has 0 radical (unpaired) electrons. The summed E-state index contributed by atoms with van der Waals surface area (Å²) in [7, 11) is 0. The van der Waals surface area contributed by atoms with Gasteiger partial charge in [0.1, 0.15) is 17.9 Å². The van der Waals surface area contributed by atoms with E-state index < -0.39 is 0 Å². The molecule has 0 atom stereocenters. The zero-order chi connectivity index (χ0) is 15.2. The van der Waals surface area contributed by atoms with Gasteiger partial charge in [-0.2, -0.15) is 4.98 Å². The van der Waals surface area contributed by atoms with Crippen LogP contribution in [0.2, 0.25) is 0 Å². The van der Waals surface area contributed by atoms with Gasteiger partial charge in [-0.15, -0.1) is 10.2 Å². The number of nitrogens with zero attached hydrogens (tertiary/aromatic N) is 6. The minimum atomic E-state index is 0.560. The van der Waals surface area contributed by atoms with Crippen LogP contribution in [0.15, 0.2) is 27.5 Å². The molecule has 0 N–H and O–H groups in total. The Kier molecular flexibility index (Phi) is 2.84. The van der Waals surface area contributed by atoms with E-state index in [9.17, 15) is 0 Å². The van der Waals surface area contributed by atoms with Crippen molar-refractivity contribution >= 4 is 0 Å². The zero-order valence-electron chi connectivity index (χ0n) is 12.6. The molecule has 23 heavy (non-hydrogen) atoms. The maximum atomic E-state index is 5.35. The van der Waals surface area contributed by atoms with E-state index in [2.05, 4.69) is 29.8 Å². The normalized spacial score (nSPS) is 18.3. The molecule has 0 amide bonds. The highest BCUT2D eigenvalue weighted by Gasteiger charge is 2.32. The third kappa shape index (κ3) is 2.35. The summed E-state index contributed by atoms with van der Waals surface area (Å²) in [6.45, 7) is 3.25. The molecule has 1 aliphatic heterocycles. The van der Waals surface area contributed by atoms with Gasteiger partial charge in [0.15, 0.2) is 0 Å². The van der Waals surface area contributed by atoms with Crippen molar-refractivity contribution in [3.8, 4) is 11.4 Å². The highest BCUT2D eigenvalue weighted by Crippen LogP contribution is 2.39. The third-order valence-electron chi connectivity index (χ3n) is 4.41. The largest absolute Gasteiger partial charge is 0.472 e. The first-order valence-corrected chi connectivity index (χ1v) is 7.86. The summed E-state index contributed by atoms with van der Waals surface area (Å²) >= 11 is 0. The van der Waals surface area contributed by atoms with Crippen molar-refractivity contribution < 1.29 is 8.94 Å². The van der Waals surface area contributed by atoms with Crippen molar-refractivity contribution in [1.29, 1.82) is 0 Å². The fraction of sp³-hybridized carbons (Fsp3) is 0.467. The molecule has 3 aromatic heterocycles. The fourth-order valence-corrected chi connectivity index (χ4v) is 3.03.